The standard InChI is InChI=1S/C12H19NO2/c1-9(2)15-8-11(13)10-6-4-5-7-12(10)14-3/h4-7,9,11H,8,13H2,1-3H3. The number of rotatable bonds is 5. The minimum Gasteiger partial charge on any atom is -0.496 e. The fraction of sp³-hybridized carbons (Fsp3) is 0.500. The number of hydrogen-bond donors (Lipinski definition) is 1. The van der Waals surface area contributed by atoms with Gasteiger partial charge in [-0.2, -0.15) is 0 Å². The maximum atomic E-state index is 6.01. The van der Waals surface area contributed by atoms with E-state index in [1.54, 1.807) is 7.11 Å². The topological polar surface area (TPSA) is 44.5 Å². The van der Waals surface area contributed by atoms with E-state index in [2.05, 4.69) is 0 Å². The average Bonchev–Trinajstić information content (AvgIpc) is 2.25. The first kappa shape index (κ1) is 12.0. The van der Waals surface area contributed by atoms with Crippen LogP contribution in [0.2, 0.25) is 0 Å². The van der Waals surface area contributed by atoms with Crippen molar-refractivity contribution >= 4 is 0 Å². The van der Waals surface area contributed by atoms with Crippen LogP contribution in [0.15, 0.2) is 24.3 Å². The molecule has 0 saturated carbocycles. The normalized spacial score (nSPS) is 12.9. The third kappa shape index (κ3) is 3.53. The van der Waals surface area contributed by atoms with E-state index in [0.717, 1.165) is 11.3 Å². The molecule has 1 rings (SSSR count). The van der Waals surface area contributed by atoms with Crippen LogP contribution in [0, 0.1) is 0 Å². The Balaban J connectivity index is 2.68. The van der Waals surface area contributed by atoms with Crippen LogP contribution < -0.4 is 10.5 Å². The van der Waals surface area contributed by atoms with Crippen molar-refractivity contribution in [3.8, 4) is 5.75 Å². The summed E-state index contributed by atoms with van der Waals surface area (Å²) in [4.78, 5) is 0. The van der Waals surface area contributed by atoms with Crippen molar-refractivity contribution in [2.45, 2.75) is 26.0 Å². The number of methoxy groups -OCH3 is 1. The monoisotopic (exact) mass is 209 g/mol. The summed E-state index contributed by atoms with van der Waals surface area (Å²) in [6, 6.07) is 7.62. The van der Waals surface area contributed by atoms with Crippen molar-refractivity contribution in [1.29, 1.82) is 0 Å². The molecule has 0 heterocycles. The molecule has 1 aromatic rings. The van der Waals surface area contributed by atoms with E-state index in [9.17, 15) is 0 Å². The highest BCUT2D eigenvalue weighted by molar-refractivity contribution is 5.35. The fourth-order valence-electron chi connectivity index (χ4n) is 1.36. The first-order valence-electron chi connectivity index (χ1n) is 5.15. The molecule has 0 aliphatic rings. The van der Waals surface area contributed by atoms with Crippen LogP contribution in [0.5, 0.6) is 5.75 Å². The SMILES string of the molecule is COc1ccccc1C(N)COC(C)C. The van der Waals surface area contributed by atoms with Crippen LogP contribution in [0.25, 0.3) is 0 Å². The lowest BCUT2D eigenvalue weighted by molar-refractivity contribution is 0.0679. The van der Waals surface area contributed by atoms with Crippen molar-refractivity contribution in [3.05, 3.63) is 29.8 Å². The van der Waals surface area contributed by atoms with Crippen molar-refractivity contribution in [3.63, 3.8) is 0 Å². The van der Waals surface area contributed by atoms with Gasteiger partial charge in [0.1, 0.15) is 5.75 Å². The Morgan fingerprint density at radius 2 is 1.93 bits per heavy atom. The fourth-order valence-corrected chi connectivity index (χ4v) is 1.36. The third-order valence-corrected chi connectivity index (χ3v) is 2.15. The molecule has 1 unspecified atom stereocenters. The molecule has 1 atom stereocenters. The van der Waals surface area contributed by atoms with Crippen molar-refractivity contribution < 1.29 is 9.47 Å². The molecule has 0 radical (unpaired) electrons. The molecule has 0 saturated heterocycles. The maximum Gasteiger partial charge on any atom is 0.123 e. The highest BCUT2D eigenvalue weighted by Crippen LogP contribution is 2.23. The zero-order valence-corrected chi connectivity index (χ0v) is 9.57. The first-order chi connectivity index (χ1) is 7.15. The summed E-state index contributed by atoms with van der Waals surface area (Å²) in [5.74, 6) is 0.817. The van der Waals surface area contributed by atoms with Gasteiger partial charge < -0.3 is 15.2 Å². The van der Waals surface area contributed by atoms with Crippen LogP contribution in [0.4, 0.5) is 0 Å². The number of hydrogen-bond acceptors (Lipinski definition) is 3. The Morgan fingerprint density at radius 1 is 1.27 bits per heavy atom. The molecular formula is C12H19NO2. The highest BCUT2D eigenvalue weighted by atomic mass is 16.5. The second-order valence-corrected chi connectivity index (χ2v) is 3.73. The van der Waals surface area contributed by atoms with E-state index < -0.39 is 0 Å². The van der Waals surface area contributed by atoms with Crippen LogP contribution in [0.3, 0.4) is 0 Å². The molecule has 2 N–H and O–H groups in total. The van der Waals surface area contributed by atoms with Crippen molar-refractivity contribution in [2.75, 3.05) is 13.7 Å². The molecule has 0 aliphatic heterocycles. The first-order valence-corrected chi connectivity index (χ1v) is 5.15. The molecule has 3 nitrogen and oxygen atoms in total. The second-order valence-electron chi connectivity index (χ2n) is 3.73. The average molecular weight is 209 g/mol. The van der Waals surface area contributed by atoms with Gasteiger partial charge in [-0.05, 0) is 19.9 Å². The van der Waals surface area contributed by atoms with Gasteiger partial charge in [0.2, 0.25) is 0 Å². The van der Waals surface area contributed by atoms with Gasteiger partial charge in [-0.1, -0.05) is 18.2 Å². The maximum absolute atomic E-state index is 6.01. The summed E-state index contributed by atoms with van der Waals surface area (Å²) in [6.45, 7) is 4.50. The summed E-state index contributed by atoms with van der Waals surface area (Å²) < 4.78 is 10.7. The molecule has 1 aromatic carbocycles. The summed E-state index contributed by atoms with van der Waals surface area (Å²) in [5.41, 5.74) is 7.00. The molecule has 0 fully saturated rings. The Morgan fingerprint density at radius 3 is 2.53 bits per heavy atom. The van der Waals surface area contributed by atoms with Gasteiger partial charge in [-0.15, -0.1) is 0 Å². The number of ether oxygens (including phenoxy) is 2. The Hall–Kier alpha value is -1.06. The van der Waals surface area contributed by atoms with Gasteiger partial charge in [-0.3, -0.25) is 0 Å². The van der Waals surface area contributed by atoms with E-state index in [4.69, 9.17) is 15.2 Å². The summed E-state index contributed by atoms with van der Waals surface area (Å²) in [7, 11) is 1.65. The smallest absolute Gasteiger partial charge is 0.123 e. The van der Waals surface area contributed by atoms with E-state index in [0.29, 0.717) is 6.61 Å². The molecule has 84 valence electrons. The van der Waals surface area contributed by atoms with Crippen LogP contribution in [-0.4, -0.2) is 19.8 Å². The van der Waals surface area contributed by atoms with E-state index in [-0.39, 0.29) is 12.1 Å². The number of benzene rings is 1. The molecule has 0 bridgehead atoms. The van der Waals surface area contributed by atoms with Crippen LogP contribution in [0.1, 0.15) is 25.5 Å². The van der Waals surface area contributed by atoms with Crippen molar-refractivity contribution in [1.82, 2.24) is 0 Å². The molecule has 3 heteroatoms. The molecule has 0 aromatic heterocycles. The molecular weight excluding hydrogens is 190 g/mol. The van der Waals surface area contributed by atoms with E-state index >= 15 is 0 Å². The molecule has 0 aliphatic carbocycles. The van der Waals surface area contributed by atoms with Gasteiger partial charge in [0, 0.05) is 5.56 Å². The number of nitrogens with two attached hydrogens (primary N) is 1. The lowest BCUT2D eigenvalue weighted by Crippen LogP contribution is -2.20. The Labute approximate surface area is 91.2 Å². The Kier molecular flexibility index (Phi) is 4.59. The second kappa shape index (κ2) is 5.73. The zero-order chi connectivity index (χ0) is 11.3. The van der Waals surface area contributed by atoms with Gasteiger partial charge in [-0.25, -0.2) is 0 Å². The minimum absolute atomic E-state index is 0.136. The van der Waals surface area contributed by atoms with Crippen LogP contribution in [-0.2, 0) is 4.74 Å². The van der Waals surface area contributed by atoms with E-state index in [1.165, 1.54) is 0 Å². The van der Waals surface area contributed by atoms with Crippen LogP contribution >= 0.6 is 0 Å². The third-order valence-electron chi connectivity index (χ3n) is 2.15. The van der Waals surface area contributed by atoms with Gasteiger partial charge >= 0.3 is 0 Å². The summed E-state index contributed by atoms with van der Waals surface area (Å²) in [6.07, 6.45) is 0.200. The molecule has 0 spiro atoms. The lowest BCUT2D eigenvalue weighted by atomic mass is 10.1. The largest absolute Gasteiger partial charge is 0.496 e. The Bertz CT molecular complexity index is 299. The predicted molar refractivity (Wildman–Crippen MR) is 61.0 cm³/mol. The van der Waals surface area contributed by atoms with Crippen molar-refractivity contribution in [2.24, 2.45) is 5.73 Å². The highest BCUT2D eigenvalue weighted by Gasteiger charge is 2.11. The zero-order valence-electron chi connectivity index (χ0n) is 9.57. The lowest BCUT2D eigenvalue weighted by Gasteiger charge is -2.17. The molecule has 15 heavy (non-hydrogen) atoms. The summed E-state index contributed by atoms with van der Waals surface area (Å²) in [5, 5.41) is 0. The van der Waals surface area contributed by atoms with Gasteiger partial charge in [0.15, 0.2) is 0 Å². The molecule has 0 amide bonds. The predicted octanol–water partition coefficient (Wildman–Crippen LogP) is 2.12. The van der Waals surface area contributed by atoms with Gasteiger partial charge in [0.05, 0.1) is 25.9 Å². The van der Waals surface area contributed by atoms with Gasteiger partial charge in [0.25, 0.3) is 0 Å². The minimum atomic E-state index is -0.136. The quantitative estimate of drug-likeness (QED) is 0.807. The number of para-hydroxylation sites is 1. The van der Waals surface area contributed by atoms with E-state index in [1.807, 2.05) is 38.1 Å². The summed E-state index contributed by atoms with van der Waals surface area (Å²) >= 11 is 0.